The van der Waals surface area contributed by atoms with Crippen LogP contribution in [0.4, 0.5) is 5.69 Å². The molecule has 2 aromatic carbocycles. The summed E-state index contributed by atoms with van der Waals surface area (Å²) in [7, 11) is 0. The van der Waals surface area contributed by atoms with Crippen molar-refractivity contribution >= 4 is 33.8 Å². The van der Waals surface area contributed by atoms with Crippen LogP contribution < -0.4 is 10.6 Å². The van der Waals surface area contributed by atoms with E-state index in [-0.39, 0.29) is 0 Å². The quantitative estimate of drug-likeness (QED) is 0.804. The van der Waals surface area contributed by atoms with Crippen molar-refractivity contribution in [3.05, 3.63) is 42.5 Å². The summed E-state index contributed by atoms with van der Waals surface area (Å²) in [5.74, 6) is 1.83. The number of piperidine rings is 3. The molecule has 0 amide bonds. The van der Waals surface area contributed by atoms with Gasteiger partial charge in [-0.25, -0.2) is 0 Å². The van der Waals surface area contributed by atoms with Gasteiger partial charge in [-0.2, -0.15) is 0 Å². The highest BCUT2D eigenvalue weighted by Gasteiger charge is 2.38. The van der Waals surface area contributed by atoms with E-state index in [1.807, 2.05) is 0 Å². The summed E-state index contributed by atoms with van der Waals surface area (Å²) in [4.78, 5) is 2.67. The molecule has 3 fully saturated rings. The first-order valence-electron chi connectivity index (χ1n) is 9.51. The predicted molar refractivity (Wildman–Crippen MR) is 110 cm³/mol. The zero-order valence-electron chi connectivity index (χ0n) is 14.9. The van der Waals surface area contributed by atoms with Crippen LogP contribution in [0.3, 0.4) is 0 Å². The lowest BCUT2D eigenvalue weighted by Crippen LogP contribution is -2.56. The Bertz CT molecular complexity index is 754. The van der Waals surface area contributed by atoms with Gasteiger partial charge in [-0.3, -0.25) is 4.90 Å². The molecule has 2 aromatic rings. The number of anilines is 1. The van der Waals surface area contributed by atoms with Crippen LogP contribution in [0.1, 0.15) is 26.2 Å². The maximum Gasteiger partial charge on any atom is 0.170 e. The third-order valence-corrected chi connectivity index (χ3v) is 6.32. The number of nitrogens with one attached hydrogen (secondary N) is 2. The SMILES string of the molecule is CC[C@@H]1CN2CC[C@H]1C[C@@H]2CNC(=S)Nc1cccc2ccccc12. The van der Waals surface area contributed by atoms with Crippen molar-refractivity contribution in [2.75, 3.05) is 25.0 Å². The number of benzene rings is 2. The van der Waals surface area contributed by atoms with Crippen molar-refractivity contribution in [2.24, 2.45) is 11.8 Å². The van der Waals surface area contributed by atoms with Gasteiger partial charge < -0.3 is 10.6 Å². The number of nitrogens with zero attached hydrogens (tertiary/aromatic N) is 1. The fraction of sp³-hybridized carbons (Fsp3) is 0.476. The van der Waals surface area contributed by atoms with E-state index in [4.69, 9.17) is 12.2 Å². The lowest BCUT2D eigenvalue weighted by atomic mass is 9.74. The van der Waals surface area contributed by atoms with Crippen molar-refractivity contribution in [3.8, 4) is 0 Å². The minimum absolute atomic E-state index is 0.633. The van der Waals surface area contributed by atoms with Gasteiger partial charge in [0.1, 0.15) is 0 Å². The van der Waals surface area contributed by atoms with Crippen molar-refractivity contribution in [1.29, 1.82) is 0 Å². The van der Waals surface area contributed by atoms with Gasteiger partial charge in [-0.1, -0.05) is 49.7 Å². The molecule has 3 aliphatic rings. The standard InChI is InChI=1S/C21H27N3S/c1-2-15-14-24-11-10-17(15)12-18(24)13-22-21(25)23-20-9-5-7-16-6-3-4-8-19(16)20/h3-9,15,17-18H,2,10-14H2,1H3,(H2,22,23,25)/t15-,17+,18-/m1/s1. The number of rotatable bonds is 4. The topological polar surface area (TPSA) is 27.3 Å². The number of thiocarbonyl (C=S) groups is 1. The smallest absolute Gasteiger partial charge is 0.170 e. The second-order valence-corrected chi connectivity index (χ2v) is 7.87. The molecule has 0 spiro atoms. The van der Waals surface area contributed by atoms with Crippen LogP contribution in [0.25, 0.3) is 10.8 Å². The molecule has 3 aliphatic heterocycles. The van der Waals surface area contributed by atoms with Crippen LogP contribution in [0.5, 0.6) is 0 Å². The third kappa shape index (κ3) is 3.51. The van der Waals surface area contributed by atoms with Crippen LogP contribution in [-0.4, -0.2) is 35.7 Å². The molecule has 0 aliphatic carbocycles. The summed E-state index contributed by atoms with van der Waals surface area (Å²) in [6.45, 7) is 5.82. The fourth-order valence-electron chi connectivity index (χ4n) is 4.64. The Balaban J connectivity index is 1.35. The number of fused-ring (bicyclic) bond motifs is 4. The van der Waals surface area contributed by atoms with E-state index in [9.17, 15) is 0 Å². The molecule has 4 heteroatoms. The Morgan fingerprint density at radius 3 is 2.84 bits per heavy atom. The highest BCUT2D eigenvalue weighted by Crippen LogP contribution is 2.37. The van der Waals surface area contributed by atoms with Gasteiger partial charge in [0.05, 0.1) is 0 Å². The maximum atomic E-state index is 5.56. The normalized spacial score (nSPS) is 28.0. The second-order valence-electron chi connectivity index (χ2n) is 7.46. The van der Waals surface area contributed by atoms with E-state index in [1.54, 1.807) is 0 Å². The molecule has 132 valence electrons. The average molecular weight is 354 g/mol. The van der Waals surface area contributed by atoms with E-state index < -0.39 is 0 Å². The Labute approximate surface area is 155 Å². The summed E-state index contributed by atoms with van der Waals surface area (Å²) in [5, 5.41) is 10.0. The molecular formula is C21H27N3S. The van der Waals surface area contributed by atoms with Crippen molar-refractivity contribution < 1.29 is 0 Å². The minimum Gasteiger partial charge on any atom is -0.361 e. The maximum absolute atomic E-state index is 5.56. The molecule has 1 unspecified atom stereocenters. The molecule has 2 N–H and O–H groups in total. The number of hydrogen-bond acceptors (Lipinski definition) is 2. The van der Waals surface area contributed by atoms with Crippen molar-refractivity contribution in [1.82, 2.24) is 10.2 Å². The fourth-order valence-corrected chi connectivity index (χ4v) is 4.83. The van der Waals surface area contributed by atoms with Crippen LogP contribution in [0.2, 0.25) is 0 Å². The first-order valence-corrected chi connectivity index (χ1v) is 9.92. The molecule has 3 nitrogen and oxygen atoms in total. The summed E-state index contributed by atoms with van der Waals surface area (Å²) in [6.07, 6.45) is 4.03. The Morgan fingerprint density at radius 1 is 1.20 bits per heavy atom. The monoisotopic (exact) mass is 353 g/mol. The van der Waals surface area contributed by atoms with E-state index >= 15 is 0 Å². The molecular weight excluding hydrogens is 326 g/mol. The Kier molecular flexibility index (Phi) is 4.91. The van der Waals surface area contributed by atoms with Gasteiger partial charge >= 0.3 is 0 Å². The molecule has 25 heavy (non-hydrogen) atoms. The largest absolute Gasteiger partial charge is 0.361 e. The van der Waals surface area contributed by atoms with Crippen molar-refractivity contribution in [2.45, 2.75) is 32.2 Å². The summed E-state index contributed by atoms with van der Waals surface area (Å²) in [6, 6.07) is 15.3. The first-order chi connectivity index (χ1) is 12.2. The lowest BCUT2D eigenvalue weighted by molar-refractivity contribution is 0.00212. The molecule has 3 heterocycles. The van der Waals surface area contributed by atoms with Crippen LogP contribution in [0, 0.1) is 11.8 Å². The zero-order valence-corrected chi connectivity index (χ0v) is 15.7. The average Bonchev–Trinajstić information content (AvgIpc) is 2.67. The van der Waals surface area contributed by atoms with Crippen LogP contribution in [-0.2, 0) is 0 Å². The first kappa shape index (κ1) is 16.8. The molecule has 4 atom stereocenters. The highest BCUT2D eigenvalue weighted by atomic mass is 32.1. The van der Waals surface area contributed by atoms with Gasteiger partial charge in [0.15, 0.2) is 5.11 Å². The van der Waals surface area contributed by atoms with E-state index in [0.29, 0.717) is 6.04 Å². The molecule has 0 radical (unpaired) electrons. The van der Waals surface area contributed by atoms with Gasteiger partial charge in [0.25, 0.3) is 0 Å². The summed E-state index contributed by atoms with van der Waals surface area (Å²) < 4.78 is 0. The molecule has 0 saturated carbocycles. The summed E-state index contributed by atoms with van der Waals surface area (Å²) >= 11 is 5.56. The Hall–Kier alpha value is -1.65. The van der Waals surface area contributed by atoms with Crippen LogP contribution in [0.15, 0.2) is 42.5 Å². The molecule has 3 saturated heterocycles. The third-order valence-electron chi connectivity index (χ3n) is 6.07. The van der Waals surface area contributed by atoms with E-state index in [2.05, 4.69) is 64.9 Å². The zero-order chi connectivity index (χ0) is 17.2. The Morgan fingerprint density at radius 2 is 2.04 bits per heavy atom. The highest BCUT2D eigenvalue weighted by molar-refractivity contribution is 7.80. The number of hydrogen-bond donors (Lipinski definition) is 2. The predicted octanol–water partition coefficient (Wildman–Crippen LogP) is 4.25. The molecule has 5 rings (SSSR count). The molecule has 2 bridgehead atoms. The second kappa shape index (κ2) is 7.30. The molecule has 0 aromatic heterocycles. The van der Waals surface area contributed by atoms with Gasteiger partial charge in [-0.05, 0) is 54.9 Å². The van der Waals surface area contributed by atoms with Gasteiger partial charge in [0.2, 0.25) is 0 Å². The summed E-state index contributed by atoms with van der Waals surface area (Å²) in [5.41, 5.74) is 1.08. The van der Waals surface area contributed by atoms with Crippen molar-refractivity contribution in [3.63, 3.8) is 0 Å². The lowest BCUT2D eigenvalue weighted by Gasteiger charge is -2.50. The van der Waals surface area contributed by atoms with Gasteiger partial charge in [0, 0.05) is 30.2 Å². The van der Waals surface area contributed by atoms with E-state index in [1.165, 1.54) is 43.1 Å². The van der Waals surface area contributed by atoms with Crippen LogP contribution >= 0.6 is 12.2 Å². The minimum atomic E-state index is 0.633. The van der Waals surface area contributed by atoms with E-state index in [0.717, 1.165) is 29.2 Å². The van der Waals surface area contributed by atoms with Gasteiger partial charge in [-0.15, -0.1) is 0 Å².